The summed E-state index contributed by atoms with van der Waals surface area (Å²) in [6.45, 7) is 12.0. The third kappa shape index (κ3) is 4.43. The number of nitrogens with one attached hydrogen (secondary N) is 1. The molecule has 0 saturated heterocycles. The van der Waals surface area contributed by atoms with Crippen molar-refractivity contribution in [3.05, 3.63) is 23.3 Å². The van der Waals surface area contributed by atoms with E-state index in [1.165, 1.54) is 0 Å². The summed E-state index contributed by atoms with van der Waals surface area (Å²) < 4.78 is 28.0. The molecule has 0 aromatic heterocycles. The summed E-state index contributed by atoms with van der Waals surface area (Å²) in [7, 11) is -3.56. The van der Waals surface area contributed by atoms with Gasteiger partial charge in [0.15, 0.2) is 0 Å². The third-order valence-electron chi connectivity index (χ3n) is 3.70. The van der Waals surface area contributed by atoms with Crippen LogP contribution < -0.4 is 10.5 Å². The number of nitrogens with two attached hydrogens (primary N) is 1. The number of sulfonamides is 1. The molecule has 0 fully saturated rings. The van der Waals surface area contributed by atoms with Crippen LogP contribution in [0.25, 0.3) is 0 Å². The van der Waals surface area contributed by atoms with E-state index in [2.05, 4.69) is 23.5 Å². The Labute approximate surface area is 128 Å². The second kappa shape index (κ2) is 7.24. The zero-order chi connectivity index (χ0) is 16.2. The number of benzene rings is 1. The highest BCUT2D eigenvalue weighted by Gasteiger charge is 2.23. The zero-order valence-electron chi connectivity index (χ0n) is 13.6. The molecule has 1 aromatic carbocycles. The predicted molar refractivity (Wildman–Crippen MR) is 87.9 cm³/mol. The quantitative estimate of drug-likeness (QED) is 0.754. The number of aryl methyl sites for hydroxylation is 1. The van der Waals surface area contributed by atoms with Crippen molar-refractivity contribution in [2.75, 3.05) is 25.4 Å². The fourth-order valence-corrected chi connectivity index (χ4v) is 4.22. The first-order valence-electron chi connectivity index (χ1n) is 7.33. The highest BCUT2D eigenvalue weighted by Crippen LogP contribution is 2.24. The number of anilines is 1. The molecular formula is C15H27N3O2S. The van der Waals surface area contributed by atoms with Crippen molar-refractivity contribution in [1.82, 2.24) is 9.62 Å². The highest BCUT2D eigenvalue weighted by molar-refractivity contribution is 7.89. The topological polar surface area (TPSA) is 75.4 Å². The van der Waals surface area contributed by atoms with Crippen LogP contribution in [0.4, 0.5) is 5.69 Å². The lowest BCUT2D eigenvalue weighted by atomic mass is 10.1. The first-order valence-corrected chi connectivity index (χ1v) is 8.81. The molecule has 21 heavy (non-hydrogen) atoms. The van der Waals surface area contributed by atoms with Gasteiger partial charge >= 0.3 is 0 Å². The normalized spacial score (nSPS) is 13.6. The fourth-order valence-electron chi connectivity index (χ4n) is 2.49. The van der Waals surface area contributed by atoms with Gasteiger partial charge in [-0.3, -0.25) is 0 Å². The Morgan fingerprint density at radius 2 is 1.81 bits per heavy atom. The molecule has 0 aliphatic rings. The van der Waals surface area contributed by atoms with E-state index in [0.29, 0.717) is 28.3 Å². The predicted octanol–water partition coefficient (Wildman–Crippen LogP) is 1.89. The Hall–Kier alpha value is -1.11. The van der Waals surface area contributed by atoms with Crippen molar-refractivity contribution in [1.29, 1.82) is 0 Å². The van der Waals surface area contributed by atoms with E-state index in [0.717, 1.165) is 13.1 Å². The van der Waals surface area contributed by atoms with Crippen molar-refractivity contribution in [2.45, 2.75) is 45.6 Å². The lowest BCUT2D eigenvalue weighted by Gasteiger charge is -2.24. The first kappa shape index (κ1) is 17.9. The first-order chi connectivity index (χ1) is 9.72. The minimum absolute atomic E-state index is 0.157. The van der Waals surface area contributed by atoms with E-state index >= 15 is 0 Å². The molecule has 120 valence electrons. The minimum Gasteiger partial charge on any atom is -0.398 e. The Morgan fingerprint density at radius 3 is 2.33 bits per heavy atom. The lowest BCUT2D eigenvalue weighted by molar-refractivity contribution is 0.282. The summed E-state index contributed by atoms with van der Waals surface area (Å²) in [6, 6.07) is 3.32. The summed E-state index contributed by atoms with van der Waals surface area (Å²) >= 11 is 0. The van der Waals surface area contributed by atoms with Crippen molar-refractivity contribution in [3.63, 3.8) is 0 Å². The van der Waals surface area contributed by atoms with E-state index in [1.807, 2.05) is 6.92 Å². The van der Waals surface area contributed by atoms with Gasteiger partial charge in [0.05, 0.1) is 4.90 Å². The van der Waals surface area contributed by atoms with Crippen LogP contribution in [0.1, 0.15) is 31.9 Å². The summed E-state index contributed by atoms with van der Waals surface area (Å²) in [6.07, 6.45) is 0. The number of nitrogen functional groups attached to an aromatic ring is 1. The van der Waals surface area contributed by atoms with Gasteiger partial charge in [-0.1, -0.05) is 19.9 Å². The second-order valence-electron chi connectivity index (χ2n) is 5.43. The Kier molecular flexibility index (Phi) is 6.19. The molecule has 0 heterocycles. The number of likely N-dealkylation sites (N-methyl/N-ethyl adjacent to an activating group) is 1. The molecular weight excluding hydrogens is 286 g/mol. The molecule has 6 heteroatoms. The molecule has 0 spiro atoms. The fraction of sp³-hybridized carbons (Fsp3) is 0.600. The number of nitrogens with zero attached hydrogens (tertiary/aromatic N) is 1. The van der Waals surface area contributed by atoms with E-state index < -0.39 is 10.0 Å². The Balaban J connectivity index is 3.00. The molecule has 1 unspecified atom stereocenters. The number of rotatable bonds is 7. The molecule has 0 aliphatic heterocycles. The van der Waals surface area contributed by atoms with Gasteiger partial charge in [-0.15, -0.1) is 0 Å². The van der Waals surface area contributed by atoms with Gasteiger partial charge in [0.25, 0.3) is 0 Å². The molecule has 0 bridgehead atoms. The van der Waals surface area contributed by atoms with Gasteiger partial charge < -0.3 is 10.6 Å². The van der Waals surface area contributed by atoms with Crippen LogP contribution in [-0.2, 0) is 10.0 Å². The Bertz CT molecular complexity index is 581. The van der Waals surface area contributed by atoms with Gasteiger partial charge in [0.1, 0.15) is 0 Å². The number of hydrogen-bond donors (Lipinski definition) is 2. The maximum absolute atomic E-state index is 12.6. The maximum atomic E-state index is 12.6. The molecule has 3 N–H and O–H groups in total. The molecule has 1 atom stereocenters. The summed E-state index contributed by atoms with van der Waals surface area (Å²) in [5, 5.41) is 0. The SMILES string of the molecule is CCN(CC)CC(C)NS(=O)(=O)c1c(C)ccc(N)c1C. The minimum atomic E-state index is -3.56. The monoisotopic (exact) mass is 313 g/mol. The lowest BCUT2D eigenvalue weighted by Crippen LogP contribution is -2.42. The smallest absolute Gasteiger partial charge is 0.241 e. The van der Waals surface area contributed by atoms with Crippen molar-refractivity contribution in [2.24, 2.45) is 0 Å². The largest absolute Gasteiger partial charge is 0.398 e. The van der Waals surface area contributed by atoms with Crippen LogP contribution in [0.2, 0.25) is 0 Å². The second-order valence-corrected chi connectivity index (χ2v) is 7.08. The van der Waals surface area contributed by atoms with Gasteiger partial charge in [-0.05, 0) is 51.1 Å². The molecule has 0 amide bonds. The summed E-state index contributed by atoms with van der Waals surface area (Å²) in [5.74, 6) is 0. The van der Waals surface area contributed by atoms with Gasteiger partial charge in [0, 0.05) is 18.3 Å². The van der Waals surface area contributed by atoms with Gasteiger partial charge in [-0.2, -0.15) is 0 Å². The summed E-state index contributed by atoms with van der Waals surface area (Å²) in [5.41, 5.74) is 7.66. The molecule has 1 rings (SSSR count). The van der Waals surface area contributed by atoms with Crippen LogP contribution in [0, 0.1) is 13.8 Å². The van der Waals surface area contributed by atoms with Gasteiger partial charge in [-0.25, -0.2) is 13.1 Å². The van der Waals surface area contributed by atoms with E-state index in [1.54, 1.807) is 26.0 Å². The number of hydrogen-bond acceptors (Lipinski definition) is 4. The molecule has 0 saturated carbocycles. The molecule has 0 radical (unpaired) electrons. The average Bonchev–Trinajstić information content (AvgIpc) is 2.39. The molecule has 0 aliphatic carbocycles. The molecule has 1 aromatic rings. The van der Waals surface area contributed by atoms with E-state index in [9.17, 15) is 8.42 Å². The highest BCUT2D eigenvalue weighted by atomic mass is 32.2. The summed E-state index contributed by atoms with van der Waals surface area (Å²) in [4.78, 5) is 2.49. The molecule has 5 nitrogen and oxygen atoms in total. The van der Waals surface area contributed by atoms with E-state index in [4.69, 9.17) is 5.73 Å². The van der Waals surface area contributed by atoms with Crippen LogP contribution in [0.3, 0.4) is 0 Å². The van der Waals surface area contributed by atoms with Crippen LogP contribution in [0.15, 0.2) is 17.0 Å². The maximum Gasteiger partial charge on any atom is 0.241 e. The van der Waals surface area contributed by atoms with Crippen molar-refractivity contribution in [3.8, 4) is 0 Å². The zero-order valence-corrected chi connectivity index (χ0v) is 14.4. The average molecular weight is 313 g/mol. The standard InChI is InChI=1S/C15H27N3O2S/c1-6-18(7-2)10-12(4)17-21(19,20)15-11(3)8-9-14(16)13(15)5/h8-9,12,17H,6-7,10,16H2,1-5H3. The van der Waals surface area contributed by atoms with Crippen LogP contribution >= 0.6 is 0 Å². The van der Waals surface area contributed by atoms with Crippen LogP contribution in [0.5, 0.6) is 0 Å². The van der Waals surface area contributed by atoms with Crippen molar-refractivity contribution < 1.29 is 8.42 Å². The third-order valence-corrected chi connectivity index (χ3v) is 5.57. The van der Waals surface area contributed by atoms with E-state index in [-0.39, 0.29) is 6.04 Å². The van der Waals surface area contributed by atoms with Crippen LogP contribution in [-0.4, -0.2) is 39.0 Å². The van der Waals surface area contributed by atoms with Gasteiger partial charge in [0.2, 0.25) is 10.0 Å². The van der Waals surface area contributed by atoms with Crippen molar-refractivity contribution >= 4 is 15.7 Å². The Morgan fingerprint density at radius 1 is 1.24 bits per heavy atom.